The number of nitrogens with zero attached hydrogens (tertiary/aromatic N) is 3. The van der Waals surface area contributed by atoms with Gasteiger partial charge in [0.1, 0.15) is 6.54 Å². The van der Waals surface area contributed by atoms with Crippen molar-refractivity contribution in [1.82, 2.24) is 20.0 Å². The monoisotopic (exact) mass is 336 g/mol. The lowest BCUT2D eigenvalue weighted by Crippen LogP contribution is -2.52. The average molecular weight is 336 g/mol. The van der Waals surface area contributed by atoms with E-state index in [9.17, 15) is 14.4 Å². The number of carbonyl (C=O) groups is 3. The van der Waals surface area contributed by atoms with E-state index in [1.54, 1.807) is 17.9 Å². The van der Waals surface area contributed by atoms with Gasteiger partial charge in [-0.15, -0.1) is 0 Å². The smallest absolute Gasteiger partial charge is 0.358 e. The van der Waals surface area contributed by atoms with Crippen LogP contribution in [0, 0.1) is 12.8 Å². The Morgan fingerprint density at radius 3 is 2.67 bits per heavy atom. The van der Waals surface area contributed by atoms with Crippen molar-refractivity contribution < 1.29 is 19.1 Å². The normalized spacial score (nSPS) is 15.6. The summed E-state index contributed by atoms with van der Waals surface area (Å²) in [6.07, 6.45) is 0.858. The molecule has 0 saturated carbocycles. The zero-order valence-electron chi connectivity index (χ0n) is 14.5. The highest BCUT2D eigenvalue weighted by Crippen LogP contribution is 2.21. The number of hydrogen-bond donors (Lipinski definition) is 1. The largest absolute Gasteiger partial charge is 0.464 e. The summed E-state index contributed by atoms with van der Waals surface area (Å²) >= 11 is 0. The van der Waals surface area contributed by atoms with Crippen molar-refractivity contribution in [1.29, 1.82) is 0 Å². The van der Waals surface area contributed by atoms with Gasteiger partial charge in [0.25, 0.3) is 0 Å². The number of likely N-dealkylation sites (tertiary alicyclic amines) is 1. The number of carbonyl (C=O) groups excluding carboxylic acids is 3. The Kier molecular flexibility index (Phi) is 5.58. The molecule has 1 N–H and O–H groups in total. The molecule has 0 spiro atoms. The molecule has 1 aromatic heterocycles. The lowest BCUT2D eigenvalue weighted by Gasteiger charge is -2.40. The first-order valence-corrected chi connectivity index (χ1v) is 7.97. The molecule has 1 atom stereocenters. The number of hydrogen-bond acceptors (Lipinski definition) is 5. The number of methoxy groups -OCH3 is 1. The molecule has 0 aliphatic carbocycles. The van der Waals surface area contributed by atoms with Crippen molar-refractivity contribution >= 4 is 17.8 Å². The summed E-state index contributed by atoms with van der Waals surface area (Å²) in [4.78, 5) is 36.5. The van der Waals surface area contributed by atoms with E-state index in [0.29, 0.717) is 19.0 Å². The van der Waals surface area contributed by atoms with E-state index in [1.165, 1.54) is 18.7 Å². The van der Waals surface area contributed by atoms with Crippen molar-refractivity contribution in [2.75, 3.05) is 20.2 Å². The van der Waals surface area contributed by atoms with Crippen LogP contribution in [0.5, 0.6) is 0 Å². The van der Waals surface area contributed by atoms with Crippen LogP contribution in [-0.2, 0) is 20.9 Å². The van der Waals surface area contributed by atoms with Gasteiger partial charge in [0.2, 0.25) is 11.8 Å². The van der Waals surface area contributed by atoms with Crippen molar-refractivity contribution in [3.05, 3.63) is 17.5 Å². The third-order valence-electron chi connectivity index (χ3n) is 4.11. The molecule has 8 nitrogen and oxygen atoms in total. The molecule has 0 radical (unpaired) electrons. The molecule has 0 aromatic carbocycles. The van der Waals surface area contributed by atoms with Gasteiger partial charge in [-0.25, -0.2) is 4.79 Å². The summed E-state index contributed by atoms with van der Waals surface area (Å²) in [5, 5.41) is 6.96. The van der Waals surface area contributed by atoms with Crippen LogP contribution in [0.3, 0.4) is 0 Å². The third-order valence-corrected chi connectivity index (χ3v) is 4.11. The van der Waals surface area contributed by atoms with Crippen LogP contribution in [0.1, 0.15) is 36.5 Å². The summed E-state index contributed by atoms with van der Waals surface area (Å²) < 4.78 is 6.14. The second kappa shape index (κ2) is 7.46. The first kappa shape index (κ1) is 18.0. The second-order valence-corrected chi connectivity index (χ2v) is 6.32. The van der Waals surface area contributed by atoms with Gasteiger partial charge in [-0.1, -0.05) is 0 Å². The van der Waals surface area contributed by atoms with Gasteiger partial charge in [-0.3, -0.25) is 14.3 Å². The molecule has 132 valence electrons. The Bertz CT molecular complexity index is 634. The molecule has 1 saturated heterocycles. The maximum absolute atomic E-state index is 12.3. The minimum Gasteiger partial charge on any atom is -0.464 e. The van der Waals surface area contributed by atoms with Crippen LogP contribution < -0.4 is 5.32 Å². The fraction of sp³-hybridized carbons (Fsp3) is 0.625. The van der Waals surface area contributed by atoms with Crippen LogP contribution in [0.2, 0.25) is 0 Å². The van der Waals surface area contributed by atoms with Gasteiger partial charge in [0.15, 0.2) is 5.69 Å². The zero-order valence-corrected chi connectivity index (χ0v) is 14.5. The summed E-state index contributed by atoms with van der Waals surface area (Å²) in [6.45, 7) is 6.74. The second-order valence-electron chi connectivity index (χ2n) is 6.32. The molecule has 0 bridgehead atoms. The lowest BCUT2D eigenvalue weighted by molar-refractivity contribution is -0.139. The van der Waals surface area contributed by atoms with Crippen LogP contribution in [0.4, 0.5) is 0 Å². The number of ether oxygens (including phenoxy) is 1. The van der Waals surface area contributed by atoms with Gasteiger partial charge < -0.3 is 15.0 Å². The van der Waals surface area contributed by atoms with E-state index in [1.807, 2.05) is 6.92 Å². The minimum atomic E-state index is -0.514. The molecule has 1 aromatic rings. The van der Waals surface area contributed by atoms with Gasteiger partial charge in [-0.2, -0.15) is 5.10 Å². The number of rotatable bonds is 6. The van der Waals surface area contributed by atoms with Gasteiger partial charge in [-0.05, 0) is 32.3 Å². The fourth-order valence-electron chi connectivity index (χ4n) is 2.93. The summed E-state index contributed by atoms with van der Waals surface area (Å²) in [7, 11) is 1.30. The fourth-order valence-corrected chi connectivity index (χ4v) is 2.93. The molecule has 1 unspecified atom stereocenters. The van der Waals surface area contributed by atoms with E-state index in [2.05, 4.69) is 15.2 Å². The molecule has 1 aliphatic rings. The standard InChI is InChI=1S/C16H24N4O4/c1-10(17-12(3)21)5-13-7-19(8-13)15(22)9-20-11(2)6-14(18-20)16(23)24-4/h6,10,13H,5,7-9H2,1-4H3,(H,17,21). The third kappa shape index (κ3) is 4.33. The number of aryl methyl sites for hydroxylation is 1. The zero-order chi connectivity index (χ0) is 17.9. The summed E-state index contributed by atoms with van der Waals surface area (Å²) in [5.41, 5.74) is 0.938. The predicted molar refractivity (Wildman–Crippen MR) is 86.3 cm³/mol. The molecule has 2 amide bonds. The maximum Gasteiger partial charge on any atom is 0.358 e. The number of nitrogens with one attached hydrogen (secondary N) is 1. The molecular weight excluding hydrogens is 312 g/mol. The van der Waals surface area contributed by atoms with E-state index in [0.717, 1.165) is 12.1 Å². The van der Waals surface area contributed by atoms with Crippen LogP contribution >= 0.6 is 0 Å². The molecule has 1 aliphatic heterocycles. The molecule has 2 rings (SSSR count). The Morgan fingerprint density at radius 1 is 1.42 bits per heavy atom. The Hall–Kier alpha value is -2.38. The molecule has 24 heavy (non-hydrogen) atoms. The van der Waals surface area contributed by atoms with E-state index < -0.39 is 5.97 Å². The highest BCUT2D eigenvalue weighted by atomic mass is 16.5. The Morgan fingerprint density at radius 2 is 2.08 bits per heavy atom. The van der Waals surface area contributed by atoms with Crippen molar-refractivity contribution in [2.24, 2.45) is 5.92 Å². The molecular formula is C16H24N4O4. The van der Waals surface area contributed by atoms with Crippen LogP contribution in [0.25, 0.3) is 0 Å². The Labute approximate surface area is 141 Å². The van der Waals surface area contributed by atoms with Gasteiger partial charge >= 0.3 is 5.97 Å². The first-order valence-electron chi connectivity index (χ1n) is 7.97. The molecule has 2 heterocycles. The van der Waals surface area contributed by atoms with E-state index in [-0.39, 0.29) is 30.1 Å². The predicted octanol–water partition coefficient (Wildman–Crippen LogP) is 0.351. The van der Waals surface area contributed by atoms with E-state index in [4.69, 9.17) is 0 Å². The first-order chi connectivity index (χ1) is 11.3. The molecule has 1 fully saturated rings. The Balaban J connectivity index is 1.82. The maximum atomic E-state index is 12.3. The van der Waals surface area contributed by atoms with Crippen molar-refractivity contribution in [3.8, 4) is 0 Å². The average Bonchev–Trinajstić information content (AvgIpc) is 2.81. The minimum absolute atomic E-state index is 0.0268. The van der Waals surface area contributed by atoms with Crippen molar-refractivity contribution in [2.45, 2.75) is 39.8 Å². The number of aromatic nitrogens is 2. The van der Waals surface area contributed by atoms with Gasteiger partial charge in [0, 0.05) is 31.7 Å². The van der Waals surface area contributed by atoms with Crippen molar-refractivity contribution in [3.63, 3.8) is 0 Å². The van der Waals surface area contributed by atoms with E-state index >= 15 is 0 Å². The highest BCUT2D eigenvalue weighted by Gasteiger charge is 2.32. The summed E-state index contributed by atoms with van der Waals surface area (Å²) in [5.74, 6) is -0.174. The summed E-state index contributed by atoms with van der Waals surface area (Å²) in [6, 6.07) is 1.72. The highest BCUT2D eigenvalue weighted by molar-refractivity contribution is 5.87. The lowest BCUT2D eigenvalue weighted by atomic mass is 9.92. The topological polar surface area (TPSA) is 93.5 Å². The number of esters is 1. The number of amides is 2. The van der Waals surface area contributed by atoms with Gasteiger partial charge in [0.05, 0.1) is 7.11 Å². The quantitative estimate of drug-likeness (QED) is 0.757. The molecule has 8 heteroatoms. The van der Waals surface area contributed by atoms with Crippen LogP contribution in [0.15, 0.2) is 6.07 Å². The van der Waals surface area contributed by atoms with Crippen LogP contribution in [-0.4, -0.2) is 58.7 Å². The SMILES string of the molecule is COC(=O)c1cc(C)n(CC(=O)N2CC(CC(C)NC(C)=O)C2)n1.